The Morgan fingerprint density at radius 2 is 1.88 bits per heavy atom. The van der Waals surface area contributed by atoms with Gasteiger partial charge in [-0.3, -0.25) is 4.79 Å². The molecule has 0 fully saturated rings. The summed E-state index contributed by atoms with van der Waals surface area (Å²) in [5.74, 6) is 0.312. The van der Waals surface area contributed by atoms with E-state index in [9.17, 15) is 9.90 Å². The fraction of sp³-hybridized carbons (Fsp3) is 0.0526. The summed E-state index contributed by atoms with van der Waals surface area (Å²) in [7, 11) is 1.51. The Bertz CT molecular complexity index is 1150. The molecular weight excluding hydrogens is 372 g/mol. The van der Waals surface area contributed by atoms with Gasteiger partial charge in [0.2, 0.25) is 5.88 Å². The molecule has 0 aliphatic carbocycles. The van der Waals surface area contributed by atoms with Crippen LogP contribution >= 0.6 is 22.9 Å². The Morgan fingerprint density at radius 1 is 1.12 bits per heavy atom. The first-order valence-electron chi connectivity index (χ1n) is 7.73. The molecule has 26 heavy (non-hydrogen) atoms. The predicted molar refractivity (Wildman–Crippen MR) is 104 cm³/mol. The van der Waals surface area contributed by atoms with Crippen LogP contribution in [0.1, 0.15) is 0 Å². The molecule has 0 unspecified atom stereocenters. The Hall–Kier alpha value is -2.83. The van der Waals surface area contributed by atoms with E-state index in [1.165, 1.54) is 24.6 Å². The summed E-state index contributed by atoms with van der Waals surface area (Å²) in [4.78, 5) is 20.0. The number of nitrogens with zero attached hydrogens (tertiary/aromatic N) is 1. The van der Waals surface area contributed by atoms with E-state index in [2.05, 4.69) is 9.97 Å². The van der Waals surface area contributed by atoms with Crippen molar-refractivity contribution >= 4 is 33.2 Å². The van der Waals surface area contributed by atoms with Crippen molar-refractivity contribution in [3.63, 3.8) is 0 Å². The van der Waals surface area contributed by atoms with Crippen LogP contribution in [0.25, 0.3) is 32.5 Å². The largest absolute Gasteiger partial charge is 0.506 e. The van der Waals surface area contributed by atoms with Crippen LogP contribution in [0.3, 0.4) is 0 Å². The number of thiophene rings is 1. The van der Waals surface area contributed by atoms with Crippen LogP contribution in [-0.4, -0.2) is 22.2 Å². The molecule has 4 rings (SSSR count). The van der Waals surface area contributed by atoms with Gasteiger partial charge in [0.15, 0.2) is 0 Å². The monoisotopic (exact) mass is 384 g/mol. The first-order valence-corrected chi connectivity index (χ1v) is 8.92. The number of fused-ring (bicyclic) bond motifs is 1. The minimum absolute atomic E-state index is 0.113. The maximum atomic E-state index is 12.6. The molecule has 0 atom stereocenters. The normalized spacial score (nSPS) is 11.0. The van der Waals surface area contributed by atoms with Gasteiger partial charge in [0.05, 0.1) is 18.1 Å². The Kier molecular flexibility index (Phi) is 4.14. The Morgan fingerprint density at radius 3 is 2.54 bits per heavy atom. The van der Waals surface area contributed by atoms with Gasteiger partial charge >= 0.3 is 0 Å². The van der Waals surface area contributed by atoms with Crippen LogP contribution in [0.2, 0.25) is 4.34 Å². The second-order valence-corrected chi connectivity index (χ2v) is 7.21. The number of nitrogens with one attached hydrogen (secondary N) is 1. The van der Waals surface area contributed by atoms with Gasteiger partial charge in [-0.25, -0.2) is 4.98 Å². The number of rotatable bonds is 3. The molecule has 0 amide bonds. The maximum absolute atomic E-state index is 12.6. The van der Waals surface area contributed by atoms with Gasteiger partial charge < -0.3 is 14.8 Å². The zero-order chi connectivity index (χ0) is 18.3. The number of ether oxygens (including phenoxy) is 1. The maximum Gasteiger partial charge on any atom is 0.260 e. The topological polar surface area (TPSA) is 75.2 Å². The molecule has 0 saturated heterocycles. The summed E-state index contributed by atoms with van der Waals surface area (Å²) in [5, 5.41) is 11.5. The third-order valence-corrected chi connectivity index (χ3v) is 5.40. The smallest absolute Gasteiger partial charge is 0.260 e. The summed E-state index contributed by atoms with van der Waals surface area (Å²) in [6, 6.07) is 12.8. The van der Waals surface area contributed by atoms with Gasteiger partial charge in [0.25, 0.3) is 5.56 Å². The van der Waals surface area contributed by atoms with Crippen molar-refractivity contribution in [2.75, 3.05) is 7.11 Å². The molecule has 0 radical (unpaired) electrons. The molecule has 0 aliphatic heterocycles. The summed E-state index contributed by atoms with van der Waals surface area (Å²) < 4.78 is 5.54. The lowest BCUT2D eigenvalue weighted by Gasteiger charge is -2.08. The number of aromatic nitrogens is 2. The average Bonchev–Trinajstić information content (AvgIpc) is 2.99. The number of hydrogen-bond acceptors (Lipinski definition) is 5. The van der Waals surface area contributed by atoms with E-state index in [1.807, 2.05) is 30.3 Å². The fourth-order valence-electron chi connectivity index (χ4n) is 2.89. The van der Waals surface area contributed by atoms with Gasteiger partial charge in [-0.15, -0.1) is 11.3 Å². The molecule has 4 aromatic rings. The van der Waals surface area contributed by atoms with Crippen molar-refractivity contribution in [2.45, 2.75) is 0 Å². The summed E-state index contributed by atoms with van der Waals surface area (Å²) in [6.07, 6.45) is 1.49. The van der Waals surface area contributed by atoms with E-state index >= 15 is 0 Å². The quantitative estimate of drug-likeness (QED) is 0.537. The lowest BCUT2D eigenvalue weighted by Crippen LogP contribution is -2.08. The number of H-pyrrole nitrogens is 1. The Balaban J connectivity index is 2.02. The van der Waals surface area contributed by atoms with Crippen molar-refractivity contribution in [1.29, 1.82) is 0 Å². The van der Waals surface area contributed by atoms with Gasteiger partial charge in [-0.05, 0) is 11.6 Å². The number of benzene rings is 1. The molecule has 0 bridgehead atoms. The van der Waals surface area contributed by atoms with Crippen molar-refractivity contribution in [3.05, 3.63) is 63.4 Å². The van der Waals surface area contributed by atoms with Crippen molar-refractivity contribution < 1.29 is 9.84 Å². The zero-order valence-corrected chi connectivity index (χ0v) is 15.2. The number of halogens is 1. The highest BCUT2D eigenvalue weighted by Gasteiger charge is 2.22. The summed E-state index contributed by atoms with van der Waals surface area (Å²) >= 11 is 7.65. The molecule has 7 heteroatoms. The lowest BCUT2D eigenvalue weighted by atomic mass is 10.0. The number of aromatic amines is 1. The summed E-state index contributed by atoms with van der Waals surface area (Å²) in [5.41, 5.74) is 1.81. The molecule has 0 saturated carbocycles. The van der Waals surface area contributed by atoms with Crippen LogP contribution in [-0.2, 0) is 0 Å². The van der Waals surface area contributed by atoms with E-state index in [4.69, 9.17) is 16.3 Å². The van der Waals surface area contributed by atoms with Crippen molar-refractivity contribution in [1.82, 2.24) is 9.97 Å². The van der Waals surface area contributed by atoms with Gasteiger partial charge in [-0.1, -0.05) is 41.9 Å². The van der Waals surface area contributed by atoms with Crippen LogP contribution in [0, 0.1) is 0 Å². The molecule has 2 N–H and O–H groups in total. The lowest BCUT2D eigenvalue weighted by molar-refractivity contribution is 0.398. The fourth-order valence-corrected chi connectivity index (χ4v) is 4.28. The first kappa shape index (κ1) is 16.6. The molecule has 5 nitrogen and oxygen atoms in total. The van der Waals surface area contributed by atoms with Crippen LogP contribution < -0.4 is 10.3 Å². The second-order valence-electron chi connectivity index (χ2n) is 5.59. The highest BCUT2D eigenvalue weighted by molar-refractivity contribution is 7.23. The minimum Gasteiger partial charge on any atom is -0.506 e. The van der Waals surface area contributed by atoms with E-state index in [-0.39, 0.29) is 11.3 Å². The average molecular weight is 385 g/mol. The predicted octanol–water partition coefficient (Wildman–Crippen LogP) is 4.69. The van der Waals surface area contributed by atoms with Crippen molar-refractivity contribution in [2.24, 2.45) is 0 Å². The molecule has 0 aliphatic rings. The zero-order valence-electron chi connectivity index (χ0n) is 13.6. The second kappa shape index (κ2) is 6.48. The van der Waals surface area contributed by atoms with Crippen molar-refractivity contribution in [3.8, 4) is 33.9 Å². The van der Waals surface area contributed by atoms with Gasteiger partial charge in [-0.2, -0.15) is 0 Å². The molecule has 130 valence electrons. The number of hydrogen-bond donors (Lipinski definition) is 2. The van der Waals surface area contributed by atoms with E-state index in [0.717, 1.165) is 5.56 Å². The summed E-state index contributed by atoms with van der Waals surface area (Å²) in [6.45, 7) is 0. The van der Waals surface area contributed by atoms with Crippen LogP contribution in [0.15, 0.2) is 53.5 Å². The third kappa shape index (κ3) is 2.64. The SMILES string of the molecule is COc1ccc(-c2c(O)c3c(-c4ccccc4)c(Cl)sc3[nH]c2=O)cn1. The van der Waals surface area contributed by atoms with Crippen LogP contribution in [0.5, 0.6) is 11.6 Å². The molecule has 3 heterocycles. The van der Waals surface area contributed by atoms with Gasteiger partial charge in [0.1, 0.15) is 14.9 Å². The molecule has 3 aromatic heterocycles. The Labute approximate surface area is 157 Å². The number of pyridine rings is 2. The molecule has 1 aromatic carbocycles. The van der Waals surface area contributed by atoms with Gasteiger partial charge in [0, 0.05) is 23.4 Å². The van der Waals surface area contributed by atoms with E-state index < -0.39 is 5.56 Å². The number of aromatic hydroxyl groups is 1. The van der Waals surface area contributed by atoms with Crippen LogP contribution in [0.4, 0.5) is 0 Å². The number of methoxy groups -OCH3 is 1. The highest BCUT2D eigenvalue weighted by Crippen LogP contribution is 2.46. The highest BCUT2D eigenvalue weighted by atomic mass is 35.5. The minimum atomic E-state index is -0.403. The third-order valence-electron chi connectivity index (χ3n) is 4.09. The van der Waals surface area contributed by atoms with E-state index in [1.54, 1.807) is 12.1 Å². The molecular formula is C19H13ClN2O3S. The first-order chi connectivity index (χ1) is 12.6. The standard InChI is InChI=1S/C19H13ClN2O3S/c1-25-12-8-7-11(9-21-12)14-16(23)15-13(10-5-3-2-4-6-10)17(20)26-19(15)22-18(14)24/h2-9H,1H3,(H2,22,23,24). The molecule has 0 spiro atoms. The van der Waals surface area contributed by atoms with E-state index in [0.29, 0.717) is 31.6 Å².